The predicted molar refractivity (Wildman–Crippen MR) is 113 cm³/mol. The van der Waals surface area contributed by atoms with Crippen molar-refractivity contribution in [2.45, 2.75) is 13.3 Å². The molecule has 2 N–H and O–H groups in total. The number of hydrogen-bond donors (Lipinski definition) is 2. The van der Waals surface area contributed by atoms with Crippen LogP contribution in [0.3, 0.4) is 0 Å². The lowest BCUT2D eigenvalue weighted by Gasteiger charge is -2.09. The van der Waals surface area contributed by atoms with Crippen molar-refractivity contribution in [3.63, 3.8) is 0 Å². The summed E-state index contributed by atoms with van der Waals surface area (Å²) in [5, 5.41) is 6.89. The molecule has 0 bridgehead atoms. The monoisotopic (exact) mass is 395 g/mol. The molecule has 0 aliphatic heterocycles. The van der Waals surface area contributed by atoms with Crippen molar-refractivity contribution >= 4 is 28.9 Å². The molecule has 0 radical (unpaired) electrons. The van der Waals surface area contributed by atoms with Crippen molar-refractivity contribution in [3.8, 4) is 5.75 Å². The van der Waals surface area contributed by atoms with Gasteiger partial charge in [0.15, 0.2) is 0 Å². The van der Waals surface area contributed by atoms with Crippen LogP contribution in [0.2, 0.25) is 5.02 Å². The van der Waals surface area contributed by atoms with Gasteiger partial charge in [0, 0.05) is 29.6 Å². The van der Waals surface area contributed by atoms with Gasteiger partial charge in [-0.2, -0.15) is 0 Å². The maximum Gasteiger partial charge on any atom is 0.257 e. The van der Waals surface area contributed by atoms with Crippen LogP contribution in [0.15, 0.2) is 67.0 Å². The fourth-order valence-corrected chi connectivity index (χ4v) is 2.92. The smallest absolute Gasteiger partial charge is 0.257 e. The minimum atomic E-state index is -0.213. The van der Waals surface area contributed by atoms with Gasteiger partial charge in [-0.25, -0.2) is 0 Å². The first-order chi connectivity index (χ1) is 13.6. The van der Waals surface area contributed by atoms with E-state index < -0.39 is 0 Å². The summed E-state index contributed by atoms with van der Waals surface area (Å²) in [7, 11) is 0. The van der Waals surface area contributed by atoms with Crippen molar-refractivity contribution in [2.24, 2.45) is 0 Å². The molecule has 144 valence electrons. The molecule has 28 heavy (non-hydrogen) atoms. The predicted octanol–water partition coefficient (Wildman–Crippen LogP) is 5.04. The van der Waals surface area contributed by atoms with E-state index in [-0.39, 0.29) is 5.91 Å². The zero-order chi connectivity index (χ0) is 19.8. The van der Waals surface area contributed by atoms with Gasteiger partial charge in [-0.05, 0) is 61.4 Å². The lowest BCUT2D eigenvalue weighted by atomic mass is 10.1. The topological polar surface area (TPSA) is 63.2 Å². The van der Waals surface area contributed by atoms with Gasteiger partial charge in [-0.1, -0.05) is 23.7 Å². The summed E-state index contributed by atoms with van der Waals surface area (Å²) >= 11 is 6.01. The van der Waals surface area contributed by atoms with Crippen LogP contribution in [0, 0.1) is 0 Å². The zero-order valence-corrected chi connectivity index (χ0v) is 16.4. The van der Waals surface area contributed by atoms with Crippen molar-refractivity contribution in [3.05, 3.63) is 83.1 Å². The molecule has 1 amide bonds. The number of anilines is 2. The third kappa shape index (κ3) is 5.72. The number of pyridine rings is 1. The molecule has 1 aromatic heterocycles. The third-order valence-corrected chi connectivity index (χ3v) is 4.29. The van der Waals surface area contributed by atoms with Crippen molar-refractivity contribution in [1.82, 2.24) is 4.98 Å². The summed E-state index contributed by atoms with van der Waals surface area (Å²) in [5.41, 5.74) is 3.13. The maximum absolute atomic E-state index is 12.5. The van der Waals surface area contributed by atoms with E-state index in [0.29, 0.717) is 24.4 Å². The Kier molecular flexibility index (Phi) is 6.87. The second-order valence-electron chi connectivity index (χ2n) is 6.18. The molecule has 3 rings (SSSR count). The molecular weight excluding hydrogens is 374 g/mol. The summed E-state index contributed by atoms with van der Waals surface area (Å²) < 4.78 is 5.40. The van der Waals surface area contributed by atoms with E-state index in [1.165, 1.54) is 0 Å². The van der Waals surface area contributed by atoms with Crippen LogP contribution >= 0.6 is 11.6 Å². The van der Waals surface area contributed by atoms with E-state index >= 15 is 0 Å². The summed E-state index contributed by atoms with van der Waals surface area (Å²) in [6.07, 6.45) is 4.07. The Morgan fingerprint density at radius 3 is 2.64 bits per heavy atom. The fourth-order valence-electron chi connectivity index (χ4n) is 2.71. The van der Waals surface area contributed by atoms with Crippen molar-refractivity contribution in [2.75, 3.05) is 23.8 Å². The SMILES string of the molecule is CCOc1ccc(NC(=O)c2cncc(NCCc3cccc(Cl)c3)c2)cc1. The number of aromatic nitrogens is 1. The quantitative estimate of drug-likeness (QED) is 0.560. The Bertz CT molecular complexity index is 929. The van der Waals surface area contributed by atoms with Gasteiger partial charge in [0.1, 0.15) is 5.75 Å². The molecule has 0 spiro atoms. The second-order valence-corrected chi connectivity index (χ2v) is 6.62. The normalized spacial score (nSPS) is 10.4. The fraction of sp³-hybridized carbons (Fsp3) is 0.182. The molecule has 0 unspecified atom stereocenters. The Morgan fingerprint density at radius 2 is 1.89 bits per heavy atom. The standard InChI is InChI=1S/C22H22ClN3O2/c1-2-28-21-8-6-19(7-9-21)26-22(27)17-13-20(15-24-14-17)25-11-10-16-4-3-5-18(23)12-16/h3-9,12-15,25H,2,10-11H2,1H3,(H,26,27). The number of nitrogens with one attached hydrogen (secondary N) is 2. The Balaban J connectivity index is 1.56. The van der Waals surface area contributed by atoms with Crippen LogP contribution in [-0.2, 0) is 6.42 Å². The number of rotatable bonds is 8. The Hall–Kier alpha value is -3.05. The van der Waals surface area contributed by atoms with Crippen LogP contribution in [0.5, 0.6) is 5.75 Å². The average molecular weight is 396 g/mol. The van der Waals surface area contributed by atoms with Crippen molar-refractivity contribution < 1.29 is 9.53 Å². The molecule has 0 saturated carbocycles. The van der Waals surface area contributed by atoms with Gasteiger partial charge in [0.05, 0.1) is 17.9 Å². The van der Waals surface area contributed by atoms with Gasteiger partial charge >= 0.3 is 0 Å². The van der Waals surface area contributed by atoms with E-state index in [0.717, 1.165) is 28.4 Å². The van der Waals surface area contributed by atoms with Crippen LogP contribution in [0.4, 0.5) is 11.4 Å². The van der Waals surface area contributed by atoms with E-state index in [1.807, 2.05) is 55.5 Å². The molecule has 2 aromatic carbocycles. The molecule has 0 saturated heterocycles. The molecule has 0 atom stereocenters. The third-order valence-electron chi connectivity index (χ3n) is 4.06. The zero-order valence-electron chi connectivity index (χ0n) is 15.6. The minimum Gasteiger partial charge on any atom is -0.494 e. The van der Waals surface area contributed by atoms with Crippen LogP contribution < -0.4 is 15.4 Å². The number of carbonyl (C=O) groups is 1. The van der Waals surface area contributed by atoms with Gasteiger partial charge in [-0.3, -0.25) is 9.78 Å². The minimum absolute atomic E-state index is 0.213. The summed E-state index contributed by atoms with van der Waals surface area (Å²) in [4.78, 5) is 16.6. The number of ether oxygens (including phenoxy) is 1. The first kappa shape index (κ1) is 19.7. The Labute approximate surface area is 169 Å². The number of halogens is 1. The van der Waals surface area contributed by atoms with Crippen LogP contribution in [0.1, 0.15) is 22.8 Å². The van der Waals surface area contributed by atoms with Crippen molar-refractivity contribution in [1.29, 1.82) is 0 Å². The van der Waals surface area contributed by atoms with Crippen LogP contribution in [0.25, 0.3) is 0 Å². The lowest BCUT2D eigenvalue weighted by molar-refractivity contribution is 0.102. The highest BCUT2D eigenvalue weighted by Crippen LogP contribution is 2.17. The molecule has 3 aromatic rings. The van der Waals surface area contributed by atoms with E-state index in [1.54, 1.807) is 18.5 Å². The maximum atomic E-state index is 12.5. The first-order valence-corrected chi connectivity index (χ1v) is 9.49. The highest BCUT2D eigenvalue weighted by molar-refractivity contribution is 6.30. The number of carbonyl (C=O) groups excluding carboxylic acids is 1. The summed E-state index contributed by atoms with van der Waals surface area (Å²) in [6, 6.07) is 16.8. The number of benzene rings is 2. The number of amides is 1. The molecule has 5 nitrogen and oxygen atoms in total. The number of nitrogens with zero attached hydrogens (tertiary/aromatic N) is 1. The molecular formula is C22H22ClN3O2. The highest BCUT2D eigenvalue weighted by Gasteiger charge is 2.08. The van der Waals surface area contributed by atoms with Gasteiger partial charge in [-0.15, -0.1) is 0 Å². The highest BCUT2D eigenvalue weighted by atomic mass is 35.5. The Morgan fingerprint density at radius 1 is 1.07 bits per heavy atom. The first-order valence-electron chi connectivity index (χ1n) is 9.11. The summed E-state index contributed by atoms with van der Waals surface area (Å²) in [6.45, 7) is 3.25. The molecule has 0 aliphatic rings. The van der Waals surface area contributed by atoms with E-state index in [2.05, 4.69) is 15.6 Å². The van der Waals surface area contributed by atoms with E-state index in [4.69, 9.17) is 16.3 Å². The molecule has 1 heterocycles. The largest absolute Gasteiger partial charge is 0.494 e. The summed E-state index contributed by atoms with van der Waals surface area (Å²) in [5.74, 6) is 0.559. The van der Waals surface area contributed by atoms with E-state index in [9.17, 15) is 4.79 Å². The lowest BCUT2D eigenvalue weighted by Crippen LogP contribution is -2.13. The van der Waals surface area contributed by atoms with Gasteiger partial charge in [0.25, 0.3) is 5.91 Å². The molecule has 6 heteroatoms. The van der Waals surface area contributed by atoms with Crippen LogP contribution in [-0.4, -0.2) is 24.0 Å². The second kappa shape index (κ2) is 9.76. The van der Waals surface area contributed by atoms with Gasteiger partial charge in [0.2, 0.25) is 0 Å². The number of hydrogen-bond acceptors (Lipinski definition) is 4. The van der Waals surface area contributed by atoms with Gasteiger partial charge < -0.3 is 15.4 Å². The average Bonchev–Trinajstić information content (AvgIpc) is 2.70. The molecule has 0 fully saturated rings. The molecule has 0 aliphatic carbocycles.